The van der Waals surface area contributed by atoms with Crippen molar-refractivity contribution in [1.29, 1.82) is 0 Å². The Kier molecular flexibility index (Phi) is 11.2. The van der Waals surface area contributed by atoms with Crippen LogP contribution in [-0.4, -0.2) is 127 Å². The molecule has 286 valence electrons. The van der Waals surface area contributed by atoms with Gasteiger partial charge in [0.25, 0.3) is 5.91 Å². The van der Waals surface area contributed by atoms with Gasteiger partial charge in [0.05, 0.1) is 22.5 Å². The van der Waals surface area contributed by atoms with Crippen LogP contribution in [0.25, 0.3) is 0 Å². The van der Waals surface area contributed by atoms with Gasteiger partial charge in [-0.1, -0.05) is 0 Å². The molecule has 4 aliphatic rings. The molecule has 18 heteroatoms. The Labute approximate surface area is 301 Å². The third-order valence-corrected chi connectivity index (χ3v) is 11.4. The van der Waals surface area contributed by atoms with Gasteiger partial charge in [0.15, 0.2) is 6.10 Å². The van der Waals surface area contributed by atoms with Gasteiger partial charge in [-0.3, -0.25) is 9.69 Å². The molecular formula is C34H43F6N7O4S. The summed E-state index contributed by atoms with van der Waals surface area (Å²) in [4.78, 5) is 49.6. The molecule has 0 bridgehead atoms. The maximum Gasteiger partial charge on any atom is 0.418 e. The fraction of sp³-hybridized carbons (Fsp3) is 0.618. The van der Waals surface area contributed by atoms with E-state index in [-0.39, 0.29) is 31.2 Å². The molecule has 0 radical (unpaired) electrons. The van der Waals surface area contributed by atoms with E-state index in [1.807, 2.05) is 17.8 Å². The van der Waals surface area contributed by atoms with Crippen LogP contribution in [0.4, 0.5) is 47.3 Å². The number of halogens is 6. The maximum absolute atomic E-state index is 14.0. The van der Waals surface area contributed by atoms with Gasteiger partial charge >= 0.3 is 24.5 Å². The van der Waals surface area contributed by atoms with Crippen LogP contribution < -0.4 is 11.1 Å². The summed E-state index contributed by atoms with van der Waals surface area (Å²) in [6.07, 6.45) is -11.0. The molecule has 4 amide bonds. The second kappa shape index (κ2) is 15.3. The Morgan fingerprint density at radius 3 is 2.04 bits per heavy atom. The number of hydrogen-bond donors (Lipinski definition) is 2. The molecular weight excluding hydrogens is 716 g/mol. The Bertz CT molecular complexity index is 1580. The number of amides is 4. The number of hydrogen-bond acceptors (Lipinski definition) is 8. The molecule has 52 heavy (non-hydrogen) atoms. The van der Waals surface area contributed by atoms with E-state index in [1.54, 1.807) is 4.90 Å². The van der Waals surface area contributed by atoms with Crippen molar-refractivity contribution >= 4 is 40.7 Å². The van der Waals surface area contributed by atoms with E-state index in [1.165, 1.54) is 21.1 Å². The number of carbonyl (C=O) groups is 3. The molecule has 3 saturated heterocycles. The standard InChI is InChI=1S/C34H43F6N7O4S/c1-43-12-14-44(15-13-43)23-3-7-45(8-4-23)30(48)28(18-21-16-25(33(35,36)37)29(41)26(17-21)34(38,39)40)51-32(50)46-9-5-24(6-10-46)47-11-2-22-19-52-20-27(22)42-31(47)49/h16-17,19-20,23-24,28H,2-15,18,41H2,1H3,(H,42,49)/t28-/m1/s1. The van der Waals surface area contributed by atoms with Crippen LogP contribution in [0.5, 0.6) is 0 Å². The molecule has 5 heterocycles. The number of rotatable bonds is 6. The number of nitrogen functional groups attached to an aromatic ring is 1. The number of piperazine rings is 1. The lowest BCUT2D eigenvalue weighted by atomic mass is 9.97. The fourth-order valence-electron chi connectivity index (χ4n) is 7.60. The summed E-state index contributed by atoms with van der Waals surface area (Å²) in [5.41, 5.74) is 1.85. The summed E-state index contributed by atoms with van der Waals surface area (Å²) < 4.78 is 88.9. The van der Waals surface area contributed by atoms with E-state index in [0.29, 0.717) is 63.9 Å². The van der Waals surface area contributed by atoms with E-state index < -0.39 is 59.3 Å². The molecule has 0 spiro atoms. The van der Waals surface area contributed by atoms with Crippen LogP contribution in [0, 0.1) is 0 Å². The first-order chi connectivity index (χ1) is 24.6. The van der Waals surface area contributed by atoms with Crippen LogP contribution in [0.3, 0.4) is 0 Å². The molecule has 3 N–H and O–H groups in total. The first-order valence-electron chi connectivity index (χ1n) is 17.4. The lowest BCUT2D eigenvalue weighted by molar-refractivity contribution is -0.142. The van der Waals surface area contributed by atoms with Gasteiger partial charge in [-0.25, -0.2) is 9.59 Å². The number of nitrogens with two attached hydrogens (primary N) is 1. The van der Waals surface area contributed by atoms with E-state index >= 15 is 0 Å². The van der Waals surface area contributed by atoms with Gasteiger partial charge in [0.1, 0.15) is 0 Å². The number of nitrogens with zero attached hydrogens (tertiary/aromatic N) is 5. The average Bonchev–Trinajstić information content (AvgIpc) is 3.47. The quantitative estimate of drug-likeness (QED) is 0.307. The predicted molar refractivity (Wildman–Crippen MR) is 182 cm³/mol. The topological polar surface area (TPSA) is 115 Å². The molecule has 0 unspecified atom stereocenters. The van der Waals surface area contributed by atoms with Gasteiger partial charge in [-0.2, -0.15) is 26.3 Å². The minimum absolute atomic E-state index is 0.171. The van der Waals surface area contributed by atoms with Gasteiger partial charge in [0, 0.05) is 82.8 Å². The number of likely N-dealkylation sites (tertiary alicyclic amines) is 2. The van der Waals surface area contributed by atoms with E-state index in [4.69, 9.17) is 10.5 Å². The van der Waals surface area contributed by atoms with Crippen molar-refractivity contribution < 1.29 is 45.5 Å². The third-order valence-electron chi connectivity index (χ3n) is 10.7. The highest BCUT2D eigenvalue weighted by Gasteiger charge is 2.42. The number of thiophene rings is 1. The second-order valence-corrected chi connectivity index (χ2v) is 14.7. The van der Waals surface area contributed by atoms with Gasteiger partial charge in [-0.05, 0) is 67.8 Å². The summed E-state index contributed by atoms with van der Waals surface area (Å²) >= 11 is 1.51. The number of anilines is 2. The fourth-order valence-corrected chi connectivity index (χ4v) is 8.42. The number of nitrogens with one attached hydrogen (secondary N) is 1. The number of ether oxygens (including phenoxy) is 1. The van der Waals surface area contributed by atoms with Gasteiger partial charge < -0.3 is 35.4 Å². The molecule has 0 saturated carbocycles. The molecule has 0 aliphatic carbocycles. The van der Waals surface area contributed by atoms with Gasteiger partial charge in [-0.15, -0.1) is 11.3 Å². The Morgan fingerprint density at radius 2 is 1.44 bits per heavy atom. The number of likely N-dealkylation sites (N-methyl/N-ethyl adjacent to an activating group) is 1. The van der Waals surface area contributed by atoms with Gasteiger partial charge in [0.2, 0.25) is 0 Å². The van der Waals surface area contributed by atoms with E-state index in [0.717, 1.165) is 37.4 Å². The smallest absolute Gasteiger partial charge is 0.418 e. The molecule has 1 aromatic heterocycles. The molecule has 1 aromatic carbocycles. The Balaban J connectivity index is 1.16. The third kappa shape index (κ3) is 8.54. The minimum atomic E-state index is -5.21. The van der Waals surface area contributed by atoms with Crippen molar-refractivity contribution in [3.05, 3.63) is 45.1 Å². The van der Waals surface area contributed by atoms with Crippen LogP contribution in [0.15, 0.2) is 22.9 Å². The number of benzene rings is 1. The Morgan fingerprint density at radius 1 is 0.865 bits per heavy atom. The number of alkyl halides is 6. The normalized spacial score (nSPS) is 21.1. The van der Waals surface area contributed by atoms with Crippen molar-refractivity contribution in [3.8, 4) is 0 Å². The molecule has 2 aromatic rings. The zero-order valence-electron chi connectivity index (χ0n) is 28.8. The molecule has 3 fully saturated rings. The van der Waals surface area contributed by atoms with Crippen LogP contribution >= 0.6 is 11.3 Å². The zero-order chi connectivity index (χ0) is 37.4. The first kappa shape index (κ1) is 38.0. The molecule has 1 atom stereocenters. The maximum atomic E-state index is 14.0. The van der Waals surface area contributed by atoms with E-state index in [2.05, 4.69) is 15.1 Å². The highest BCUT2D eigenvalue weighted by molar-refractivity contribution is 7.08. The largest absolute Gasteiger partial charge is 0.436 e. The van der Waals surface area contributed by atoms with Crippen LogP contribution in [0.1, 0.15) is 47.9 Å². The monoisotopic (exact) mass is 759 g/mol. The summed E-state index contributed by atoms with van der Waals surface area (Å²) in [6.45, 7) is 5.01. The van der Waals surface area contributed by atoms with Crippen LogP contribution in [-0.2, 0) is 34.7 Å². The number of urea groups is 1. The lowest BCUT2D eigenvalue weighted by Crippen LogP contribution is -2.54. The highest BCUT2D eigenvalue weighted by atomic mass is 32.1. The molecule has 4 aliphatic heterocycles. The van der Waals surface area contributed by atoms with Crippen LogP contribution in [0.2, 0.25) is 0 Å². The predicted octanol–water partition coefficient (Wildman–Crippen LogP) is 5.21. The summed E-state index contributed by atoms with van der Waals surface area (Å²) in [5.74, 6) is -0.687. The molecule has 11 nitrogen and oxygen atoms in total. The number of carbonyl (C=O) groups excluding carboxylic acids is 3. The van der Waals surface area contributed by atoms with Crippen molar-refractivity contribution in [2.45, 2.75) is 69.1 Å². The summed E-state index contributed by atoms with van der Waals surface area (Å²) in [7, 11) is 2.05. The second-order valence-electron chi connectivity index (χ2n) is 14.0. The van der Waals surface area contributed by atoms with Crippen molar-refractivity contribution in [3.63, 3.8) is 0 Å². The minimum Gasteiger partial charge on any atom is -0.436 e. The summed E-state index contributed by atoms with van der Waals surface area (Å²) in [5, 5.41) is 6.79. The number of fused-ring (bicyclic) bond motifs is 1. The SMILES string of the molecule is CN1CCN(C2CCN(C(=O)[C@@H](Cc3cc(C(F)(F)F)c(N)c(C(F)(F)F)c3)OC(=O)N3CCC(N4CCc5cscc5NC4=O)CC3)CC2)CC1. The first-order valence-corrected chi connectivity index (χ1v) is 18.4. The zero-order valence-corrected chi connectivity index (χ0v) is 29.6. The van der Waals surface area contributed by atoms with Crippen molar-refractivity contribution in [1.82, 2.24) is 24.5 Å². The highest BCUT2D eigenvalue weighted by Crippen LogP contribution is 2.42. The molecule has 6 rings (SSSR count). The average molecular weight is 760 g/mol. The number of piperidine rings is 2. The summed E-state index contributed by atoms with van der Waals surface area (Å²) in [6, 6.07) is 0.774. The van der Waals surface area contributed by atoms with E-state index in [9.17, 15) is 40.7 Å². The lowest BCUT2D eigenvalue weighted by Gasteiger charge is -2.42. The van der Waals surface area contributed by atoms with Crippen molar-refractivity contribution in [2.24, 2.45) is 0 Å². The Hall–Kier alpha value is -3.77. The van der Waals surface area contributed by atoms with Crippen molar-refractivity contribution in [2.75, 3.05) is 77.0 Å².